The van der Waals surface area contributed by atoms with E-state index >= 15 is 0 Å². The molecule has 1 atom stereocenters. The second kappa shape index (κ2) is 8.07. The molecule has 10 heteroatoms. The van der Waals surface area contributed by atoms with E-state index in [9.17, 15) is 18.3 Å². The molecule has 1 aromatic carbocycles. The minimum absolute atomic E-state index is 0.0283. The smallest absolute Gasteiger partial charge is 0.304 e. The number of benzene rings is 1. The van der Waals surface area contributed by atoms with Crippen LogP contribution in [0, 0.1) is 0 Å². The number of carbonyl (C=O) groups is 1. The molecule has 0 aliphatic carbocycles. The molecule has 1 aliphatic heterocycles. The van der Waals surface area contributed by atoms with Crippen LogP contribution in [0.4, 0.5) is 0 Å². The first-order chi connectivity index (χ1) is 14.2. The van der Waals surface area contributed by atoms with Gasteiger partial charge in [-0.15, -0.1) is 0 Å². The Morgan fingerprint density at radius 1 is 1.30 bits per heavy atom. The van der Waals surface area contributed by atoms with Gasteiger partial charge in [-0.05, 0) is 37.1 Å². The molecule has 2 aromatic heterocycles. The van der Waals surface area contributed by atoms with E-state index in [4.69, 9.17) is 23.2 Å². The van der Waals surface area contributed by atoms with Crippen molar-refractivity contribution in [3.8, 4) is 0 Å². The lowest BCUT2D eigenvalue weighted by Gasteiger charge is -2.25. The number of carboxylic acid groups (broad SMARTS) is 1. The number of sulfone groups is 1. The maximum Gasteiger partial charge on any atom is 0.304 e. The highest BCUT2D eigenvalue weighted by atomic mass is 35.5. The van der Waals surface area contributed by atoms with Gasteiger partial charge in [-0.2, -0.15) is 0 Å². The molecule has 0 spiro atoms. The number of aliphatic carboxylic acids is 1. The van der Waals surface area contributed by atoms with Crippen LogP contribution in [0.15, 0.2) is 45.1 Å². The van der Waals surface area contributed by atoms with E-state index < -0.39 is 15.8 Å². The maximum absolute atomic E-state index is 12.5. The van der Waals surface area contributed by atoms with Crippen LogP contribution in [-0.2, 0) is 21.2 Å². The zero-order valence-corrected chi connectivity index (χ0v) is 19.1. The molecule has 3 heterocycles. The van der Waals surface area contributed by atoms with Crippen LogP contribution in [-0.4, -0.2) is 35.3 Å². The molecular weight excluding hydrogens is 467 g/mol. The molecule has 158 valence electrons. The summed E-state index contributed by atoms with van der Waals surface area (Å²) in [6.45, 7) is 0.657. The Kier molecular flexibility index (Phi) is 5.78. The predicted molar refractivity (Wildman–Crippen MR) is 118 cm³/mol. The molecule has 0 amide bonds. The number of fused-ring (bicyclic) bond motifs is 3. The average molecular weight is 485 g/mol. The summed E-state index contributed by atoms with van der Waals surface area (Å²) < 4.78 is 27.1. The van der Waals surface area contributed by atoms with Gasteiger partial charge in [-0.1, -0.05) is 35.0 Å². The average Bonchev–Trinajstić information content (AvgIpc) is 2.98. The maximum atomic E-state index is 12.5. The van der Waals surface area contributed by atoms with E-state index in [0.29, 0.717) is 38.9 Å². The Morgan fingerprint density at radius 2 is 2.07 bits per heavy atom. The highest BCUT2D eigenvalue weighted by Gasteiger charge is 2.32. The number of nitrogens with zero attached hydrogens (tertiary/aromatic N) is 2. The van der Waals surface area contributed by atoms with E-state index in [0.717, 1.165) is 17.0 Å². The van der Waals surface area contributed by atoms with Crippen molar-refractivity contribution in [1.29, 1.82) is 0 Å². The number of halogens is 2. The fourth-order valence-electron chi connectivity index (χ4n) is 3.96. The topological polar surface area (TPSA) is 89.3 Å². The summed E-state index contributed by atoms with van der Waals surface area (Å²) in [6.07, 6.45) is 4.14. The summed E-state index contributed by atoms with van der Waals surface area (Å²) in [5, 5.41) is 10.8. The molecule has 0 saturated carbocycles. The van der Waals surface area contributed by atoms with Crippen molar-refractivity contribution in [1.82, 2.24) is 9.55 Å². The van der Waals surface area contributed by atoms with E-state index in [1.165, 1.54) is 30.3 Å². The molecule has 1 unspecified atom stereocenters. The van der Waals surface area contributed by atoms with Crippen LogP contribution >= 0.6 is 35.0 Å². The highest BCUT2D eigenvalue weighted by Crippen LogP contribution is 2.47. The molecule has 0 radical (unpaired) electrons. The van der Waals surface area contributed by atoms with Crippen LogP contribution in [0.1, 0.15) is 30.9 Å². The Hall–Kier alpha value is -1.74. The summed E-state index contributed by atoms with van der Waals surface area (Å²) in [4.78, 5) is 17.7. The van der Waals surface area contributed by atoms with E-state index in [2.05, 4.69) is 4.98 Å². The molecule has 4 rings (SSSR count). The molecule has 1 N–H and O–H groups in total. The van der Waals surface area contributed by atoms with Gasteiger partial charge in [0.2, 0.25) is 0 Å². The first-order valence-electron chi connectivity index (χ1n) is 9.22. The molecule has 1 aliphatic rings. The molecule has 0 saturated heterocycles. The van der Waals surface area contributed by atoms with Crippen LogP contribution in [0.2, 0.25) is 10.0 Å². The zero-order chi connectivity index (χ0) is 21.6. The lowest BCUT2D eigenvalue weighted by Crippen LogP contribution is -2.18. The van der Waals surface area contributed by atoms with Gasteiger partial charge >= 0.3 is 5.97 Å². The van der Waals surface area contributed by atoms with Gasteiger partial charge in [-0.3, -0.25) is 4.79 Å². The minimum Gasteiger partial charge on any atom is -0.481 e. The quantitative estimate of drug-likeness (QED) is 0.531. The van der Waals surface area contributed by atoms with Gasteiger partial charge in [0.1, 0.15) is 5.65 Å². The van der Waals surface area contributed by atoms with Crippen molar-refractivity contribution >= 4 is 61.8 Å². The van der Waals surface area contributed by atoms with Gasteiger partial charge in [0.05, 0.1) is 26.7 Å². The van der Waals surface area contributed by atoms with Crippen molar-refractivity contribution in [2.75, 3.05) is 6.26 Å². The van der Waals surface area contributed by atoms with Crippen molar-refractivity contribution in [2.45, 2.75) is 46.4 Å². The Morgan fingerprint density at radius 3 is 2.73 bits per heavy atom. The number of hydrogen-bond acceptors (Lipinski definition) is 5. The zero-order valence-electron chi connectivity index (χ0n) is 15.9. The first-order valence-corrected chi connectivity index (χ1v) is 12.7. The lowest BCUT2D eigenvalue weighted by molar-refractivity contribution is -0.137. The van der Waals surface area contributed by atoms with Crippen LogP contribution in [0.25, 0.3) is 11.0 Å². The second-order valence-electron chi connectivity index (χ2n) is 7.26. The molecule has 0 bridgehead atoms. The largest absolute Gasteiger partial charge is 0.481 e. The standard InChI is InChI=1S/C20H18Cl2N2O4S2/c1-30(27,28)15-6-7-23-20-17(15)19(29-12-4-5-13(21)14(22)10-12)18-11(9-16(25)26)3-2-8-24(18)20/h4-7,10-11H,2-3,8-9H2,1H3,(H,25,26). The number of pyridine rings is 1. The summed E-state index contributed by atoms with van der Waals surface area (Å²) >= 11 is 13.6. The van der Waals surface area contributed by atoms with E-state index in [1.807, 2.05) is 4.57 Å². The Labute approximate surface area is 188 Å². The highest BCUT2D eigenvalue weighted by molar-refractivity contribution is 7.99. The SMILES string of the molecule is CS(=O)(=O)c1ccnc2c1c(Sc1ccc(Cl)c(Cl)c1)c1n2CCCC1CC(=O)O. The lowest BCUT2D eigenvalue weighted by atomic mass is 9.93. The van der Waals surface area contributed by atoms with Gasteiger partial charge in [0, 0.05) is 40.4 Å². The predicted octanol–water partition coefficient (Wildman–Crippen LogP) is 5.25. The number of hydrogen-bond donors (Lipinski definition) is 1. The van der Waals surface area contributed by atoms with Gasteiger partial charge in [-0.25, -0.2) is 13.4 Å². The third kappa shape index (κ3) is 3.93. The van der Waals surface area contributed by atoms with E-state index in [1.54, 1.807) is 18.2 Å². The minimum atomic E-state index is -3.53. The van der Waals surface area contributed by atoms with Crippen molar-refractivity contribution in [2.24, 2.45) is 0 Å². The van der Waals surface area contributed by atoms with Gasteiger partial charge in [0.15, 0.2) is 9.84 Å². The molecule has 30 heavy (non-hydrogen) atoms. The van der Waals surface area contributed by atoms with Crippen LogP contribution in [0.5, 0.6) is 0 Å². The van der Waals surface area contributed by atoms with Crippen molar-refractivity contribution in [3.05, 3.63) is 46.2 Å². The normalized spacial score (nSPS) is 16.6. The number of aromatic nitrogens is 2. The molecule has 0 fully saturated rings. The molecule has 3 aromatic rings. The summed E-state index contributed by atoms with van der Waals surface area (Å²) in [7, 11) is -3.53. The summed E-state index contributed by atoms with van der Waals surface area (Å²) in [5.74, 6) is -1.12. The number of aryl methyl sites for hydroxylation is 1. The van der Waals surface area contributed by atoms with E-state index in [-0.39, 0.29) is 17.2 Å². The molecular formula is C20H18Cl2N2O4S2. The third-order valence-corrected chi connectivity index (χ3v) is 8.14. The van der Waals surface area contributed by atoms with Crippen molar-refractivity contribution < 1.29 is 18.3 Å². The molecule has 6 nitrogen and oxygen atoms in total. The van der Waals surface area contributed by atoms with Gasteiger partial charge < -0.3 is 9.67 Å². The van der Waals surface area contributed by atoms with Crippen molar-refractivity contribution in [3.63, 3.8) is 0 Å². The van der Waals surface area contributed by atoms with Gasteiger partial charge in [0.25, 0.3) is 0 Å². The fraction of sp³-hybridized carbons (Fsp3) is 0.300. The Bertz CT molecular complexity index is 1270. The van der Waals surface area contributed by atoms with Crippen LogP contribution < -0.4 is 0 Å². The third-order valence-electron chi connectivity index (χ3n) is 5.15. The Balaban J connectivity index is 2.02. The monoisotopic (exact) mass is 484 g/mol. The summed E-state index contributed by atoms with van der Waals surface area (Å²) in [5.41, 5.74) is 1.38. The summed E-state index contributed by atoms with van der Waals surface area (Å²) in [6, 6.07) is 6.70. The fourth-order valence-corrected chi connectivity index (χ4v) is 6.49. The van der Waals surface area contributed by atoms with Crippen LogP contribution in [0.3, 0.4) is 0 Å². The number of rotatable bonds is 5. The first kappa shape index (κ1) is 21.5. The second-order valence-corrected chi connectivity index (χ2v) is 11.1. The number of carboxylic acids is 1.